The van der Waals surface area contributed by atoms with E-state index in [9.17, 15) is 13.2 Å². The van der Waals surface area contributed by atoms with Crippen LogP contribution in [0.4, 0.5) is 0 Å². The van der Waals surface area contributed by atoms with Crippen LogP contribution in [0.3, 0.4) is 0 Å². The molecule has 2 aromatic carbocycles. The minimum absolute atomic E-state index is 0.237. The van der Waals surface area contributed by atoms with Crippen LogP contribution >= 0.6 is 0 Å². The van der Waals surface area contributed by atoms with Crippen LogP contribution in [0.1, 0.15) is 24.1 Å². The molecule has 1 unspecified atom stereocenters. The molecular weight excluding hydrogens is 324 g/mol. The lowest BCUT2D eigenvalue weighted by atomic mass is 10.0. The van der Waals surface area contributed by atoms with Crippen molar-refractivity contribution in [2.45, 2.75) is 30.3 Å². The highest BCUT2D eigenvalue weighted by Crippen LogP contribution is 2.16. The summed E-state index contributed by atoms with van der Waals surface area (Å²) in [5.41, 5.74) is 7.79. The average Bonchev–Trinajstić information content (AvgIpc) is 2.55. The van der Waals surface area contributed by atoms with Crippen molar-refractivity contribution in [3.8, 4) is 0 Å². The van der Waals surface area contributed by atoms with Crippen molar-refractivity contribution in [1.82, 2.24) is 5.32 Å². The molecular formula is C18H22N2O3S. The van der Waals surface area contributed by atoms with Crippen LogP contribution in [0.5, 0.6) is 0 Å². The molecule has 2 rings (SSSR count). The number of sulfone groups is 1. The van der Waals surface area contributed by atoms with Gasteiger partial charge in [-0.15, -0.1) is 0 Å². The molecule has 0 aromatic heterocycles. The first-order valence-corrected chi connectivity index (χ1v) is 9.56. The van der Waals surface area contributed by atoms with Crippen molar-refractivity contribution < 1.29 is 13.2 Å². The smallest absolute Gasteiger partial charge is 0.237 e. The Labute approximate surface area is 142 Å². The van der Waals surface area contributed by atoms with E-state index in [1.807, 2.05) is 37.3 Å². The monoisotopic (exact) mass is 346 g/mol. The van der Waals surface area contributed by atoms with Crippen LogP contribution < -0.4 is 11.1 Å². The van der Waals surface area contributed by atoms with Crippen molar-refractivity contribution in [3.05, 3.63) is 65.7 Å². The van der Waals surface area contributed by atoms with Gasteiger partial charge in [0.1, 0.15) is 0 Å². The Hall–Kier alpha value is -2.18. The number of rotatable bonds is 6. The van der Waals surface area contributed by atoms with Crippen LogP contribution in [-0.2, 0) is 21.1 Å². The second kappa shape index (κ2) is 7.59. The van der Waals surface area contributed by atoms with Gasteiger partial charge in [-0.1, -0.05) is 42.5 Å². The standard InChI is InChI=1S/C18H22N2O3S/c1-13(15-8-10-16(11-9-15)24(2,22)23)20-18(21)17(19)12-14-6-4-3-5-7-14/h3-11,13,17H,12,19H2,1-2H3,(H,20,21)/t13?,17-/m0/s1. The molecule has 2 aromatic rings. The Morgan fingerprint density at radius 3 is 2.21 bits per heavy atom. The first kappa shape index (κ1) is 18.2. The lowest BCUT2D eigenvalue weighted by molar-refractivity contribution is -0.123. The summed E-state index contributed by atoms with van der Waals surface area (Å²) in [6.07, 6.45) is 1.63. The quantitative estimate of drug-likeness (QED) is 0.835. The predicted molar refractivity (Wildman–Crippen MR) is 94.2 cm³/mol. The lowest BCUT2D eigenvalue weighted by Crippen LogP contribution is -2.42. The summed E-state index contributed by atoms with van der Waals surface area (Å²) in [6, 6.07) is 15.2. The van der Waals surface area contributed by atoms with Gasteiger partial charge in [0.05, 0.1) is 17.0 Å². The third-order valence-corrected chi connectivity index (χ3v) is 4.93. The summed E-state index contributed by atoms with van der Waals surface area (Å²) in [7, 11) is -3.22. The third kappa shape index (κ3) is 4.91. The zero-order valence-corrected chi connectivity index (χ0v) is 14.6. The molecule has 0 aliphatic rings. The van der Waals surface area contributed by atoms with Crippen molar-refractivity contribution in [2.24, 2.45) is 5.73 Å². The average molecular weight is 346 g/mol. The van der Waals surface area contributed by atoms with Crippen LogP contribution in [0, 0.1) is 0 Å². The zero-order valence-electron chi connectivity index (χ0n) is 13.8. The number of amides is 1. The van der Waals surface area contributed by atoms with Crippen LogP contribution in [0.2, 0.25) is 0 Å². The fourth-order valence-corrected chi connectivity index (χ4v) is 3.00. The number of nitrogens with two attached hydrogens (primary N) is 1. The molecule has 0 aliphatic carbocycles. The Balaban J connectivity index is 1.98. The highest BCUT2D eigenvalue weighted by Gasteiger charge is 2.17. The summed E-state index contributed by atoms with van der Waals surface area (Å²) < 4.78 is 22.9. The number of benzene rings is 2. The normalized spacial score (nSPS) is 14.0. The first-order valence-electron chi connectivity index (χ1n) is 7.67. The van der Waals surface area contributed by atoms with Crippen LogP contribution in [0.25, 0.3) is 0 Å². The number of hydrogen-bond acceptors (Lipinski definition) is 4. The summed E-state index contributed by atoms with van der Waals surface area (Å²) >= 11 is 0. The highest BCUT2D eigenvalue weighted by atomic mass is 32.2. The van der Waals surface area contributed by atoms with E-state index in [-0.39, 0.29) is 16.8 Å². The molecule has 0 saturated carbocycles. The zero-order chi connectivity index (χ0) is 17.7. The van der Waals surface area contributed by atoms with E-state index in [0.717, 1.165) is 17.4 Å². The van der Waals surface area contributed by atoms with E-state index in [4.69, 9.17) is 5.73 Å². The Morgan fingerprint density at radius 2 is 1.67 bits per heavy atom. The Bertz CT molecular complexity index is 787. The van der Waals surface area contributed by atoms with Crippen LogP contribution in [0.15, 0.2) is 59.5 Å². The summed E-state index contributed by atoms with van der Waals surface area (Å²) in [5, 5.41) is 2.86. The van der Waals surface area contributed by atoms with Gasteiger partial charge in [0, 0.05) is 6.26 Å². The van der Waals surface area contributed by atoms with E-state index < -0.39 is 15.9 Å². The largest absolute Gasteiger partial charge is 0.348 e. The number of nitrogens with one attached hydrogen (secondary N) is 1. The van der Waals surface area contributed by atoms with Gasteiger partial charge in [-0.25, -0.2) is 8.42 Å². The molecule has 5 nitrogen and oxygen atoms in total. The minimum Gasteiger partial charge on any atom is -0.348 e. The van der Waals surface area contributed by atoms with Gasteiger partial charge >= 0.3 is 0 Å². The molecule has 0 heterocycles. The maximum atomic E-state index is 12.2. The fraction of sp³-hybridized carbons (Fsp3) is 0.278. The van der Waals surface area contributed by atoms with E-state index in [1.54, 1.807) is 12.1 Å². The van der Waals surface area contributed by atoms with Gasteiger partial charge < -0.3 is 11.1 Å². The molecule has 0 aliphatic heterocycles. The van der Waals surface area contributed by atoms with Crippen molar-refractivity contribution >= 4 is 15.7 Å². The molecule has 3 N–H and O–H groups in total. The molecule has 1 amide bonds. The van der Waals surface area contributed by atoms with Crippen molar-refractivity contribution in [2.75, 3.05) is 6.26 Å². The number of carbonyl (C=O) groups is 1. The van der Waals surface area contributed by atoms with Gasteiger partial charge in [0.25, 0.3) is 0 Å². The van der Waals surface area contributed by atoms with Crippen molar-refractivity contribution in [3.63, 3.8) is 0 Å². The maximum absolute atomic E-state index is 12.2. The topological polar surface area (TPSA) is 89.3 Å². The van der Waals surface area contributed by atoms with E-state index in [2.05, 4.69) is 5.32 Å². The van der Waals surface area contributed by atoms with Gasteiger partial charge in [-0.3, -0.25) is 4.79 Å². The summed E-state index contributed by atoms with van der Waals surface area (Å²) in [5.74, 6) is -0.237. The molecule has 0 spiro atoms. The number of hydrogen-bond donors (Lipinski definition) is 2. The molecule has 0 bridgehead atoms. The predicted octanol–water partition coefficient (Wildman–Crippen LogP) is 1.84. The maximum Gasteiger partial charge on any atom is 0.237 e. The van der Waals surface area contributed by atoms with Gasteiger partial charge in [0.15, 0.2) is 9.84 Å². The highest BCUT2D eigenvalue weighted by molar-refractivity contribution is 7.90. The van der Waals surface area contributed by atoms with Gasteiger partial charge in [0.2, 0.25) is 5.91 Å². The molecule has 128 valence electrons. The molecule has 24 heavy (non-hydrogen) atoms. The van der Waals surface area contributed by atoms with Gasteiger partial charge in [-0.05, 0) is 36.6 Å². The molecule has 0 saturated heterocycles. The SMILES string of the molecule is CC(NC(=O)[C@@H](N)Cc1ccccc1)c1ccc(S(C)(=O)=O)cc1. The lowest BCUT2D eigenvalue weighted by Gasteiger charge is -2.18. The van der Waals surface area contributed by atoms with E-state index in [1.165, 1.54) is 12.1 Å². The molecule has 0 fully saturated rings. The second-order valence-electron chi connectivity index (χ2n) is 5.87. The first-order chi connectivity index (χ1) is 11.3. The van der Waals surface area contributed by atoms with Crippen molar-refractivity contribution in [1.29, 1.82) is 0 Å². The minimum atomic E-state index is -3.22. The van der Waals surface area contributed by atoms with E-state index >= 15 is 0 Å². The third-order valence-electron chi connectivity index (χ3n) is 3.80. The molecule has 2 atom stereocenters. The fourth-order valence-electron chi connectivity index (χ4n) is 2.37. The Morgan fingerprint density at radius 1 is 1.08 bits per heavy atom. The van der Waals surface area contributed by atoms with Crippen LogP contribution in [-0.4, -0.2) is 26.6 Å². The number of carbonyl (C=O) groups excluding carboxylic acids is 1. The van der Waals surface area contributed by atoms with E-state index in [0.29, 0.717) is 6.42 Å². The summed E-state index contributed by atoms with van der Waals surface area (Å²) in [4.78, 5) is 12.5. The van der Waals surface area contributed by atoms with Gasteiger partial charge in [-0.2, -0.15) is 0 Å². The Kier molecular flexibility index (Phi) is 5.75. The molecule has 6 heteroatoms. The second-order valence-corrected chi connectivity index (χ2v) is 7.88. The molecule has 0 radical (unpaired) electrons. The summed E-state index contributed by atoms with van der Waals surface area (Å²) in [6.45, 7) is 1.84.